The third-order valence-corrected chi connectivity index (χ3v) is 4.11. The van der Waals surface area contributed by atoms with E-state index in [0.717, 1.165) is 16.8 Å². The molecule has 1 aromatic heterocycles. The molecule has 0 aliphatic heterocycles. The first-order valence-electron chi connectivity index (χ1n) is 7.49. The monoisotopic (exact) mass is 299 g/mol. The van der Waals surface area contributed by atoms with E-state index in [1.165, 1.54) is 0 Å². The molecule has 5 nitrogen and oxygen atoms in total. The van der Waals surface area contributed by atoms with Crippen LogP contribution in [0.3, 0.4) is 0 Å². The number of amides is 1. The second kappa shape index (κ2) is 5.25. The molecule has 0 bridgehead atoms. The van der Waals surface area contributed by atoms with E-state index in [0.29, 0.717) is 12.1 Å². The normalized spacial score (nSPS) is 20.7. The molecular formula is C17H21N3O2. The topological polar surface area (TPSA) is 78.0 Å². The number of carbonyl (C=O) groups excluding carboxylic acids is 1. The molecule has 3 rings (SSSR count). The smallest absolute Gasteiger partial charge is 0.272 e. The number of benzene rings is 1. The Balaban J connectivity index is 1.79. The number of rotatable bonds is 2. The molecule has 0 saturated carbocycles. The zero-order chi connectivity index (χ0) is 15.9. The van der Waals surface area contributed by atoms with Gasteiger partial charge in [-0.3, -0.25) is 9.89 Å². The molecule has 0 radical (unpaired) electrons. The van der Waals surface area contributed by atoms with Crippen LogP contribution in [-0.4, -0.2) is 27.3 Å². The zero-order valence-corrected chi connectivity index (χ0v) is 13.1. The van der Waals surface area contributed by atoms with Crippen molar-refractivity contribution >= 4 is 5.91 Å². The third-order valence-electron chi connectivity index (χ3n) is 4.11. The highest BCUT2D eigenvalue weighted by atomic mass is 16.3. The molecule has 0 fully saturated rings. The fraction of sp³-hybridized carbons (Fsp3) is 0.412. The number of hydrogen-bond donors (Lipinski definition) is 3. The van der Waals surface area contributed by atoms with E-state index in [1.54, 1.807) is 6.07 Å². The zero-order valence-electron chi connectivity index (χ0n) is 13.1. The van der Waals surface area contributed by atoms with Gasteiger partial charge in [-0.2, -0.15) is 5.10 Å². The standard InChI is InChI=1S/C17H21N3O2/c1-17(2,3)14-9-12(19-20-14)16(22)18-15-11-7-5-4-6-10(11)8-13(15)21/h4-7,9,13,15,21H,8H2,1-3H3,(H,18,22)(H,19,20). The van der Waals surface area contributed by atoms with E-state index in [-0.39, 0.29) is 17.4 Å². The van der Waals surface area contributed by atoms with E-state index >= 15 is 0 Å². The second-order valence-electron chi connectivity index (χ2n) is 6.84. The van der Waals surface area contributed by atoms with Crippen LogP contribution in [0.5, 0.6) is 0 Å². The van der Waals surface area contributed by atoms with Gasteiger partial charge < -0.3 is 10.4 Å². The Morgan fingerprint density at radius 2 is 2.09 bits per heavy atom. The highest BCUT2D eigenvalue weighted by Gasteiger charge is 2.32. The molecular weight excluding hydrogens is 278 g/mol. The van der Waals surface area contributed by atoms with Gasteiger partial charge >= 0.3 is 0 Å². The van der Waals surface area contributed by atoms with Crippen molar-refractivity contribution in [3.8, 4) is 0 Å². The van der Waals surface area contributed by atoms with E-state index in [9.17, 15) is 9.90 Å². The highest BCUT2D eigenvalue weighted by Crippen LogP contribution is 2.31. The van der Waals surface area contributed by atoms with Crippen LogP contribution in [0.15, 0.2) is 30.3 Å². The van der Waals surface area contributed by atoms with E-state index in [2.05, 4.69) is 36.3 Å². The van der Waals surface area contributed by atoms with Crippen LogP contribution >= 0.6 is 0 Å². The van der Waals surface area contributed by atoms with Crippen LogP contribution in [0.1, 0.15) is 54.1 Å². The minimum Gasteiger partial charge on any atom is -0.390 e. The lowest BCUT2D eigenvalue weighted by Crippen LogP contribution is -2.34. The van der Waals surface area contributed by atoms with Crippen molar-refractivity contribution in [1.82, 2.24) is 15.5 Å². The number of aliphatic hydroxyl groups is 1. The number of aromatic nitrogens is 2. The summed E-state index contributed by atoms with van der Waals surface area (Å²) in [5.41, 5.74) is 3.23. The van der Waals surface area contributed by atoms with Crippen molar-refractivity contribution in [2.45, 2.75) is 44.8 Å². The molecule has 3 N–H and O–H groups in total. The average Bonchev–Trinajstić information content (AvgIpc) is 3.04. The molecule has 2 atom stereocenters. The second-order valence-corrected chi connectivity index (χ2v) is 6.84. The SMILES string of the molecule is CC(C)(C)c1cc(C(=O)NC2c3ccccc3CC2O)n[nH]1. The first kappa shape index (κ1) is 14.8. The summed E-state index contributed by atoms with van der Waals surface area (Å²) >= 11 is 0. The number of carbonyl (C=O) groups is 1. The Morgan fingerprint density at radius 1 is 1.36 bits per heavy atom. The molecule has 2 unspecified atom stereocenters. The van der Waals surface area contributed by atoms with Crippen molar-refractivity contribution in [3.63, 3.8) is 0 Å². The number of nitrogens with one attached hydrogen (secondary N) is 2. The highest BCUT2D eigenvalue weighted by molar-refractivity contribution is 5.92. The lowest BCUT2D eigenvalue weighted by atomic mass is 9.92. The molecule has 1 aliphatic rings. The Hall–Kier alpha value is -2.14. The van der Waals surface area contributed by atoms with Gasteiger partial charge in [-0.1, -0.05) is 45.0 Å². The summed E-state index contributed by atoms with van der Waals surface area (Å²) in [4.78, 5) is 12.4. The Kier molecular flexibility index (Phi) is 3.53. The van der Waals surface area contributed by atoms with Gasteiger partial charge in [0.2, 0.25) is 0 Å². The summed E-state index contributed by atoms with van der Waals surface area (Å²) in [5.74, 6) is -0.271. The number of aromatic amines is 1. The lowest BCUT2D eigenvalue weighted by Gasteiger charge is -2.17. The van der Waals surface area contributed by atoms with Gasteiger partial charge in [0, 0.05) is 17.5 Å². The molecule has 22 heavy (non-hydrogen) atoms. The van der Waals surface area contributed by atoms with Crippen LogP contribution in [0.2, 0.25) is 0 Å². The van der Waals surface area contributed by atoms with E-state index < -0.39 is 6.10 Å². The van der Waals surface area contributed by atoms with Crippen LogP contribution in [0.4, 0.5) is 0 Å². The number of fused-ring (bicyclic) bond motifs is 1. The Bertz CT molecular complexity index is 700. The van der Waals surface area contributed by atoms with Crippen molar-refractivity contribution in [2.75, 3.05) is 0 Å². The molecule has 1 aliphatic carbocycles. The number of nitrogens with zero attached hydrogens (tertiary/aromatic N) is 1. The summed E-state index contributed by atoms with van der Waals surface area (Å²) in [6.07, 6.45) is -0.0306. The quantitative estimate of drug-likeness (QED) is 0.794. The van der Waals surface area contributed by atoms with E-state index in [1.807, 2.05) is 24.3 Å². The van der Waals surface area contributed by atoms with Gasteiger partial charge in [-0.25, -0.2) is 0 Å². The minimum absolute atomic E-state index is 0.0923. The Labute approximate surface area is 129 Å². The molecule has 1 amide bonds. The van der Waals surface area contributed by atoms with Crippen molar-refractivity contribution in [2.24, 2.45) is 0 Å². The van der Waals surface area contributed by atoms with Crippen LogP contribution < -0.4 is 5.32 Å². The van der Waals surface area contributed by atoms with Crippen LogP contribution in [0.25, 0.3) is 0 Å². The molecule has 0 spiro atoms. The number of aliphatic hydroxyl groups excluding tert-OH is 1. The van der Waals surface area contributed by atoms with Gasteiger partial charge in [-0.15, -0.1) is 0 Å². The largest absolute Gasteiger partial charge is 0.390 e. The van der Waals surface area contributed by atoms with Crippen molar-refractivity contribution < 1.29 is 9.90 Å². The summed E-state index contributed by atoms with van der Waals surface area (Å²) in [5, 5.41) is 20.1. The molecule has 2 aromatic rings. The Morgan fingerprint density at radius 3 is 2.77 bits per heavy atom. The first-order valence-corrected chi connectivity index (χ1v) is 7.49. The molecule has 116 valence electrons. The average molecular weight is 299 g/mol. The van der Waals surface area contributed by atoms with Gasteiger partial charge in [0.1, 0.15) is 5.69 Å². The minimum atomic E-state index is -0.595. The lowest BCUT2D eigenvalue weighted by molar-refractivity contribution is 0.0853. The van der Waals surface area contributed by atoms with Gasteiger partial charge in [0.15, 0.2) is 0 Å². The van der Waals surface area contributed by atoms with Crippen molar-refractivity contribution in [3.05, 3.63) is 52.8 Å². The molecule has 1 aromatic carbocycles. The maximum absolute atomic E-state index is 12.4. The predicted octanol–water partition coefficient (Wildman–Crippen LogP) is 2.10. The predicted molar refractivity (Wildman–Crippen MR) is 83.6 cm³/mol. The van der Waals surface area contributed by atoms with Gasteiger partial charge in [0.25, 0.3) is 5.91 Å². The summed E-state index contributed by atoms with van der Waals surface area (Å²) in [7, 11) is 0. The number of hydrogen-bond acceptors (Lipinski definition) is 3. The third kappa shape index (κ3) is 2.64. The van der Waals surface area contributed by atoms with E-state index in [4.69, 9.17) is 0 Å². The maximum atomic E-state index is 12.4. The van der Waals surface area contributed by atoms with Gasteiger partial charge in [0.05, 0.1) is 12.1 Å². The van der Waals surface area contributed by atoms with Crippen LogP contribution in [0, 0.1) is 0 Å². The maximum Gasteiger partial charge on any atom is 0.272 e. The van der Waals surface area contributed by atoms with Gasteiger partial charge in [-0.05, 0) is 17.2 Å². The van der Waals surface area contributed by atoms with Crippen molar-refractivity contribution in [1.29, 1.82) is 0 Å². The van der Waals surface area contributed by atoms with Crippen LogP contribution in [-0.2, 0) is 11.8 Å². The number of H-pyrrole nitrogens is 1. The fourth-order valence-corrected chi connectivity index (χ4v) is 2.79. The first-order chi connectivity index (χ1) is 10.4. The molecule has 5 heteroatoms. The molecule has 0 saturated heterocycles. The summed E-state index contributed by atoms with van der Waals surface area (Å²) in [6, 6.07) is 9.18. The summed E-state index contributed by atoms with van der Waals surface area (Å²) in [6.45, 7) is 6.16. The summed E-state index contributed by atoms with van der Waals surface area (Å²) < 4.78 is 0. The molecule has 1 heterocycles. The fourth-order valence-electron chi connectivity index (χ4n) is 2.79.